The van der Waals surface area contributed by atoms with Crippen molar-refractivity contribution in [2.75, 3.05) is 51.4 Å². The number of rotatable bonds is 5. The van der Waals surface area contributed by atoms with Gasteiger partial charge in [0.2, 0.25) is 5.91 Å². The predicted molar refractivity (Wildman–Crippen MR) is 103 cm³/mol. The Kier molecular flexibility index (Phi) is 6.01. The molecule has 27 heavy (non-hydrogen) atoms. The van der Waals surface area contributed by atoms with Crippen LogP contribution in [-0.2, 0) is 9.53 Å². The summed E-state index contributed by atoms with van der Waals surface area (Å²) in [4.78, 5) is 28.7. The Hall–Kier alpha value is -2.54. The van der Waals surface area contributed by atoms with Crippen LogP contribution in [-0.4, -0.2) is 69.3 Å². The van der Waals surface area contributed by atoms with Gasteiger partial charge in [0.1, 0.15) is 12.4 Å². The monoisotopic (exact) mass is 373 g/mol. The number of anilines is 1. The van der Waals surface area contributed by atoms with Gasteiger partial charge in [0.15, 0.2) is 0 Å². The van der Waals surface area contributed by atoms with Gasteiger partial charge in [0, 0.05) is 32.2 Å². The summed E-state index contributed by atoms with van der Waals surface area (Å²) in [6.45, 7) is 8.92. The normalized spacial score (nSPS) is 19.1. The second-order valence-corrected chi connectivity index (χ2v) is 7.10. The molecule has 7 nitrogen and oxygen atoms in total. The second-order valence-electron chi connectivity index (χ2n) is 7.10. The van der Waals surface area contributed by atoms with Gasteiger partial charge in [-0.25, -0.2) is 0 Å². The standard InChI is InChI=1S/C20H27N3O4/c1-14(2)12-21-19(24)11-16-13-27-18-5-4-15(10-17(18)22(16)3)20(25)23-6-8-26-9-7-23/h4-5,10,16H,1,6-9,11-13H2,2-3H3,(H,21,24)/t16-/m1/s1. The van der Waals surface area contributed by atoms with Gasteiger partial charge in [-0.2, -0.15) is 0 Å². The van der Waals surface area contributed by atoms with Gasteiger partial charge in [0.05, 0.1) is 31.4 Å². The maximum Gasteiger partial charge on any atom is 0.254 e. The number of likely N-dealkylation sites (N-methyl/N-ethyl adjacent to an activating group) is 1. The van der Waals surface area contributed by atoms with E-state index in [2.05, 4.69) is 11.9 Å². The van der Waals surface area contributed by atoms with Gasteiger partial charge in [-0.05, 0) is 25.1 Å². The molecule has 2 heterocycles. The molecule has 0 aromatic heterocycles. The maximum absolute atomic E-state index is 12.7. The molecular weight excluding hydrogens is 346 g/mol. The number of amides is 2. The van der Waals surface area contributed by atoms with Crippen molar-refractivity contribution in [1.82, 2.24) is 10.2 Å². The highest BCUT2D eigenvalue weighted by atomic mass is 16.5. The Morgan fingerprint density at radius 3 is 2.74 bits per heavy atom. The Morgan fingerprint density at radius 2 is 2.04 bits per heavy atom. The number of benzene rings is 1. The van der Waals surface area contributed by atoms with E-state index in [1.807, 2.05) is 31.0 Å². The summed E-state index contributed by atoms with van der Waals surface area (Å²) in [7, 11) is 1.93. The van der Waals surface area contributed by atoms with Gasteiger partial charge < -0.3 is 24.6 Å². The first-order chi connectivity index (χ1) is 13.0. The molecule has 0 radical (unpaired) electrons. The minimum absolute atomic E-state index is 0.00387. The molecule has 0 spiro atoms. The van der Waals surface area contributed by atoms with E-state index in [1.165, 1.54) is 0 Å². The van der Waals surface area contributed by atoms with Gasteiger partial charge >= 0.3 is 0 Å². The fraction of sp³-hybridized carbons (Fsp3) is 0.500. The molecule has 3 rings (SSSR count). The zero-order valence-corrected chi connectivity index (χ0v) is 16.0. The largest absolute Gasteiger partial charge is 0.489 e. The van der Waals surface area contributed by atoms with Gasteiger partial charge in [0.25, 0.3) is 5.91 Å². The van der Waals surface area contributed by atoms with Crippen LogP contribution in [0.3, 0.4) is 0 Å². The molecule has 1 aromatic carbocycles. The first kappa shape index (κ1) is 19.2. The molecule has 7 heteroatoms. The van der Waals surface area contributed by atoms with Crippen LogP contribution < -0.4 is 15.0 Å². The van der Waals surface area contributed by atoms with Crippen molar-refractivity contribution >= 4 is 17.5 Å². The summed E-state index contributed by atoms with van der Waals surface area (Å²) in [5, 5.41) is 2.85. The van der Waals surface area contributed by atoms with Crippen LogP contribution >= 0.6 is 0 Å². The number of ether oxygens (including phenoxy) is 2. The molecule has 1 N–H and O–H groups in total. The van der Waals surface area contributed by atoms with Crippen molar-refractivity contribution in [2.45, 2.75) is 19.4 Å². The Balaban J connectivity index is 1.70. The minimum Gasteiger partial charge on any atom is -0.489 e. The summed E-state index contributed by atoms with van der Waals surface area (Å²) in [5.74, 6) is 0.688. The fourth-order valence-electron chi connectivity index (χ4n) is 3.22. The lowest BCUT2D eigenvalue weighted by molar-refractivity contribution is -0.121. The molecule has 0 unspecified atom stereocenters. The molecule has 2 aliphatic rings. The topological polar surface area (TPSA) is 71.1 Å². The lowest BCUT2D eigenvalue weighted by Gasteiger charge is -2.36. The van der Waals surface area contributed by atoms with E-state index in [0.29, 0.717) is 51.4 Å². The smallest absolute Gasteiger partial charge is 0.254 e. The molecule has 0 aliphatic carbocycles. The van der Waals surface area contributed by atoms with Crippen LogP contribution in [0.15, 0.2) is 30.4 Å². The summed E-state index contributed by atoms with van der Waals surface area (Å²) in [6.07, 6.45) is 0.324. The number of carbonyl (C=O) groups is 2. The Morgan fingerprint density at radius 1 is 1.30 bits per heavy atom. The molecule has 1 fully saturated rings. The summed E-state index contributed by atoms with van der Waals surface area (Å²) in [6, 6.07) is 5.39. The quantitative estimate of drug-likeness (QED) is 0.791. The summed E-state index contributed by atoms with van der Waals surface area (Å²) < 4.78 is 11.1. The third-order valence-corrected chi connectivity index (χ3v) is 4.87. The van der Waals surface area contributed by atoms with Crippen LogP contribution in [0, 0.1) is 0 Å². The SMILES string of the molecule is C=C(C)CNC(=O)C[C@@H]1COc2ccc(C(=O)N3CCOCC3)cc2N1C. The van der Waals surface area contributed by atoms with E-state index in [9.17, 15) is 9.59 Å². The van der Waals surface area contributed by atoms with E-state index >= 15 is 0 Å². The number of carbonyl (C=O) groups excluding carboxylic acids is 2. The molecule has 1 saturated heterocycles. The number of nitrogens with one attached hydrogen (secondary N) is 1. The average Bonchev–Trinajstić information content (AvgIpc) is 2.68. The number of fused-ring (bicyclic) bond motifs is 1. The average molecular weight is 373 g/mol. The van der Waals surface area contributed by atoms with Crippen molar-refractivity contribution in [3.63, 3.8) is 0 Å². The first-order valence-corrected chi connectivity index (χ1v) is 9.23. The first-order valence-electron chi connectivity index (χ1n) is 9.23. The molecule has 1 atom stereocenters. The highest BCUT2D eigenvalue weighted by molar-refractivity contribution is 5.96. The number of hydrogen-bond acceptors (Lipinski definition) is 5. The number of morpholine rings is 1. The lowest BCUT2D eigenvalue weighted by Crippen LogP contribution is -2.44. The highest BCUT2D eigenvalue weighted by Gasteiger charge is 2.28. The molecule has 0 saturated carbocycles. The van der Waals surface area contributed by atoms with E-state index in [1.54, 1.807) is 11.0 Å². The third kappa shape index (κ3) is 4.60. The lowest BCUT2D eigenvalue weighted by atomic mass is 10.1. The van der Waals surface area contributed by atoms with E-state index in [-0.39, 0.29) is 17.9 Å². The minimum atomic E-state index is -0.0867. The molecule has 146 valence electrons. The van der Waals surface area contributed by atoms with Crippen molar-refractivity contribution < 1.29 is 19.1 Å². The van der Waals surface area contributed by atoms with Gasteiger partial charge in [-0.3, -0.25) is 9.59 Å². The third-order valence-electron chi connectivity index (χ3n) is 4.87. The van der Waals surface area contributed by atoms with Crippen molar-refractivity contribution in [1.29, 1.82) is 0 Å². The van der Waals surface area contributed by atoms with E-state index in [0.717, 1.165) is 17.0 Å². The predicted octanol–water partition coefficient (Wildman–Crippen LogP) is 1.44. The van der Waals surface area contributed by atoms with Gasteiger partial charge in [-0.15, -0.1) is 0 Å². The molecule has 2 amide bonds. The van der Waals surface area contributed by atoms with Gasteiger partial charge in [-0.1, -0.05) is 12.2 Å². The number of hydrogen-bond donors (Lipinski definition) is 1. The zero-order chi connectivity index (χ0) is 19.4. The highest BCUT2D eigenvalue weighted by Crippen LogP contribution is 2.34. The van der Waals surface area contributed by atoms with Crippen LogP contribution in [0.2, 0.25) is 0 Å². The molecule has 1 aromatic rings. The summed E-state index contributed by atoms with van der Waals surface area (Å²) >= 11 is 0. The van der Waals surface area contributed by atoms with Crippen molar-refractivity contribution in [3.8, 4) is 5.75 Å². The van der Waals surface area contributed by atoms with Crippen molar-refractivity contribution in [3.05, 3.63) is 35.9 Å². The molecule has 2 aliphatic heterocycles. The molecular formula is C20H27N3O4. The summed E-state index contributed by atoms with van der Waals surface area (Å²) in [5.41, 5.74) is 2.37. The van der Waals surface area contributed by atoms with Crippen LogP contribution in [0.25, 0.3) is 0 Å². The van der Waals surface area contributed by atoms with Crippen molar-refractivity contribution in [2.24, 2.45) is 0 Å². The maximum atomic E-state index is 12.7. The van der Waals surface area contributed by atoms with E-state index < -0.39 is 0 Å². The van der Waals surface area contributed by atoms with Crippen LogP contribution in [0.1, 0.15) is 23.7 Å². The Bertz CT molecular complexity index is 728. The Labute approximate surface area is 159 Å². The van der Waals surface area contributed by atoms with E-state index in [4.69, 9.17) is 9.47 Å². The molecule has 0 bridgehead atoms. The number of nitrogens with zero attached hydrogens (tertiary/aromatic N) is 2. The van der Waals surface area contributed by atoms with Crippen LogP contribution in [0.4, 0.5) is 5.69 Å². The fourth-order valence-corrected chi connectivity index (χ4v) is 3.22. The zero-order valence-electron chi connectivity index (χ0n) is 16.0. The van der Waals surface area contributed by atoms with Crippen LogP contribution in [0.5, 0.6) is 5.75 Å². The second kappa shape index (κ2) is 8.43.